The van der Waals surface area contributed by atoms with Crippen LogP contribution in [0.4, 0.5) is 0 Å². The van der Waals surface area contributed by atoms with E-state index in [9.17, 15) is 10.2 Å². The fraction of sp³-hybridized carbons (Fsp3) is 1.00. The summed E-state index contributed by atoms with van der Waals surface area (Å²) in [5.74, 6) is 2.01. The van der Waals surface area contributed by atoms with Crippen LogP contribution in [0.3, 0.4) is 0 Å². The summed E-state index contributed by atoms with van der Waals surface area (Å²) in [6.45, 7) is 9.36. The first kappa shape index (κ1) is 15.4. The van der Waals surface area contributed by atoms with Crippen molar-refractivity contribution in [2.75, 3.05) is 0 Å². The van der Waals surface area contributed by atoms with Crippen LogP contribution >= 0.6 is 0 Å². The van der Waals surface area contributed by atoms with Crippen LogP contribution in [-0.2, 0) is 0 Å². The molecule has 1 spiro atoms. The summed E-state index contributed by atoms with van der Waals surface area (Å²) in [4.78, 5) is 0. The minimum atomic E-state index is -0.447. The van der Waals surface area contributed by atoms with Gasteiger partial charge >= 0.3 is 0 Å². The SMILES string of the molecule is CC1(C)C[C@H](O)C[C@@]2(C)[C@H]1CC[C@H]1C[C@@H]3CC12CC[C@]3(C)O. The summed E-state index contributed by atoms with van der Waals surface area (Å²) in [6.07, 6.45) is 9.09. The lowest BCUT2D eigenvalue weighted by molar-refractivity contribution is -0.193. The van der Waals surface area contributed by atoms with E-state index in [2.05, 4.69) is 27.7 Å². The van der Waals surface area contributed by atoms with Crippen LogP contribution < -0.4 is 0 Å². The monoisotopic (exact) mass is 306 g/mol. The van der Waals surface area contributed by atoms with Crippen LogP contribution in [-0.4, -0.2) is 21.9 Å². The Kier molecular flexibility index (Phi) is 3.02. The van der Waals surface area contributed by atoms with Crippen molar-refractivity contribution in [2.45, 2.75) is 90.8 Å². The maximum atomic E-state index is 10.8. The number of aliphatic hydroxyl groups excluding tert-OH is 1. The second-order valence-corrected chi connectivity index (χ2v) is 10.4. The number of hydrogen-bond acceptors (Lipinski definition) is 2. The van der Waals surface area contributed by atoms with Gasteiger partial charge in [0.1, 0.15) is 0 Å². The highest BCUT2D eigenvalue weighted by molar-refractivity contribution is 5.18. The molecule has 126 valence electrons. The van der Waals surface area contributed by atoms with Crippen LogP contribution in [0.25, 0.3) is 0 Å². The van der Waals surface area contributed by atoms with Crippen LogP contribution in [0.5, 0.6) is 0 Å². The third kappa shape index (κ3) is 1.75. The third-order valence-corrected chi connectivity index (χ3v) is 8.99. The van der Waals surface area contributed by atoms with Gasteiger partial charge in [0.2, 0.25) is 0 Å². The van der Waals surface area contributed by atoms with E-state index in [1.54, 1.807) is 0 Å². The van der Waals surface area contributed by atoms with Crippen molar-refractivity contribution in [3.05, 3.63) is 0 Å². The van der Waals surface area contributed by atoms with Crippen molar-refractivity contribution < 1.29 is 10.2 Å². The highest BCUT2D eigenvalue weighted by atomic mass is 16.3. The molecule has 2 N–H and O–H groups in total. The largest absolute Gasteiger partial charge is 0.393 e. The molecule has 2 heteroatoms. The molecule has 4 aliphatic carbocycles. The summed E-state index contributed by atoms with van der Waals surface area (Å²) >= 11 is 0. The second-order valence-electron chi connectivity index (χ2n) is 10.4. The predicted octanol–water partition coefficient (Wildman–Crippen LogP) is 4.14. The Morgan fingerprint density at radius 3 is 2.32 bits per heavy atom. The highest BCUT2D eigenvalue weighted by Crippen LogP contribution is 2.75. The molecule has 4 saturated carbocycles. The zero-order chi connectivity index (χ0) is 16.0. The van der Waals surface area contributed by atoms with Gasteiger partial charge in [-0.15, -0.1) is 0 Å². The van der Waals surface area contributed by atoms with Crippen molar-refractivity contribution >= 4 is 0 Å². The van der Waals surface area contributed by atoms with Gasteiger partial charge in [-0.1, -0.05) is 20.8 Å². The molecule has 0 aromatic rings. The molecule has 0 amide bonds. The van der Waals surface area contributed by atoms with Gasteiger partial charge in [0, 0.05) is 0 Å². The summed E-state index contributed by atoms with van der Waals surface area (Å²) in [5, 5.41) is 21.4. The maximum absolute atomic E-state index is 10.8. The molecule has 0 aliphatic heterocycles. The molecular formula is C20H34O2. The summed E-state index contributed by atoms with van der Waals surface area (Å²) in [6, 6.07) is 0. The lowest BCUT2D eigenvalue weighted by Gasteiger charge is -2.66. The van der Waals surface area contributed by atoms with Crippen LogP contribution in [0.2, 0.25) is 0 Å². The first-order chi connectivity index (χ1) is 10.1. The molecule has 4 aliphatic rings. The molecule has 4 fully saturated rings. The van der Waals surface area contributed by atoms with E-state index in [-0.39, 0.29) is 16.9 Å². The normalized spacial score (nSPS) is 59.7. The first-order valence-electron chi connectivity index (χ1n) is 9.51. The molecule has 0 aromatic carbocycles. The number of rotatable bonds is 0. The summed E-state index contributed by atoms with van der Waals surface area (Å²) in [5.41, 5.74) is 0.464. The zero-order valence-electron chi connectivity index (χ0n) is 14.9. The van der Waals surface area contributed by atoms with Crippen molar-refractivity contribution in [2.24, 2.45) is 34.0 Å². The van der Waals surface area contributed by atoms with E-state index in [1.807, 2.05) is 0 Å². The van der Waals surface area contributed by atoms with E-state index < -0.39 is 5.60 Å². The van der Waals surface area contributed by atoms with Gasteiger partial charge < -0.3 is 10.2 Å². The van der Waals surface area contributed by atoms with Crippen LogP contribution in [0.1, 0.15) is 79.1 Å². The van der Waals surface area contributed by atoms with Crippen molar-refractivity contribution in [3.8, 4) is 0 Å². The lowest BCUT2D eigenvalue weighted by Crippen LogP contribution is -2.60. The van der Waals surface area contributed by atoms with E-state index in [0.29, 0.717) is 11.3 Å². The third-order valence-electron chi connectivity index (χ3n) is 8.99. The minimum Gasteiger partial charge on any atom is -0.393 e. The number of fused-ring (bicyclic) bond motifs is 2. The zero-order valence-corrected chi connectivity index (χ0v) is 14.9. The molecule has 1 unspecified atom stereocenters. The molecule has 2 bridgehead atoms. The highest BCUT2D eigenvalue weighted by Gasteiger charge is 2.69. The molecule has 7 atom stereocenters. The molecule has 22 heavy (non-hydrogen) atoms. The van der Waals surface area contributed by atoms with Crippen molar-refractivity contribution in [3.63, 3.8) is 0 Å². The summed E-state index contributed by atoms with van der Waals surface area (Å²) < 4.78 is 0. The average Bonchev–Trinajstić information content (AvgIpc) is 2.71. The van der Waals surface area contributed by atoms with E-state index in [0.717, 1.165) is 31.1 Å². The van der Waals surface area contributed by atoms with E-state index >= 15 is 0 Å². The minimum absolute atomic E-state index is 0.133. The number of aliphatic hydroxyl groups is 2. The van der Waals surface area contributed by atoms with Gasteiger partial charge in [-0.2, -0.15) is 0 Å². The quantitative estimate of drug-likeness (QED) is 0.706. The fourth-order valence-electron chi connectivity index (χ4n) is 8.04. The molecule has 2 nitrogen and oxygen atoms in total. The average molecular weight is 306 g/mol. The van der Waals surface area contributed by atoms with Gasteiger partial charge in [0.05, 0.1) is 11.7 Å². The fourth-order valence-corrected chi connectivity index (χ4v) is 8.04. The molecule has 0 saturated heterocycles. The Labute approximate surface area is 135 Å². The Balaban J connectivity index is 1.78. The molecular weight excluding hydrogens is 272 g/mol. The van der Waals surface area contributed by atoms with Crippen molar-refractivity contribution in [1.29, 1.82) is 0 Å². The van der Waals surface area contributed by atoms with E-state index in [1.165, 1.54) is 32.1 Å². The van der Waals surface area contributed by atoms with Crippen LogP contribution in [0, 0.1) is 34.0 Å². The first-order valence-corrected chi connectivity index (χ1v) is 9.51. The Morgan fingerprint density at radius 2 is 1.59 bits per heavy atom. The van der Waals surface area contributed by atoms with Crippen molar-refractivity contribution in [1.82, 2.24) is 0 Å². The van der Waals surface area contributed by atoms with Gasteiger partial charge in [-0.05, 0) is 92.3 Å². The van der Waals surface area contributed by atoms with Gasteiger partial charge in [0.25, 0.3) is 0 Å². The van der Waals surface area contributed by atoms with Gasteiger partial charge in [-0.25, -0.2) is 0 Å². The number of hydrogen-bond donors (Lipinski definition) is 2. The summed E-state index contributed by atoms with van der Waals surface area (Å²) in [7, 11) is 0. The molecule has 0 heterocycles. The molecule has 4 rings (SSSR count). The molecule has 0 radical (unpaired) electrons. The predicted molar refractivity (Wildman–Crippen MR) is 88.4 cm³/mol. The Hall–Kier alpha value is -0.0800. The molecule has 0 aromatic heterocycles. The Morgan fingerprint density at radius 1 is 0.864 bits per heavy atom. The van der Waals surface area contributed by atoms with Gasteiger partial charge in [-0.3, -0.25) is 0 Å². The maximum Gasteiger partial charge on any atom is 0.0648 e. The topological polar surface area (TPSA) is 40.5 Å². The van der Waals surface area contributed by atoms with E-state index in [4.69, 9.17) is 0 Å². The van der Waals surface area contributed by atoms with Gasteiger partial charge in [0.15, 0.2) is 0 Å². The van der Waals surface area contributed by atoms with Crippen LogP contribution in [0.15, 0.2) is 0 Å². The smallest absolute Gasteiger partial charge is 0.0648 e. The lowest BCUT2D eigenvalue weighted by atomic mass is 9.39. The Bertz CT molecular complexity index is 482. The second kappa shape index (κ2) is 4.30. The standard InChI is InChI=1S/C20H34O2/c1-17(2)11-15(21)12-18(3)16(17)6-5-13-9-14-10-20(13,18)8-7-19(14,4)22/h13-16,21-22H,5-12H2,1-4H3/t13-,14+,15-,16-,18-,19-,20?/m0/s1.